The molecule has 1 N–H and O–H groups in total. The Morgan fingerprint density at radius 1 is 1.08 bits per heavy atom. The van der Waals surface area contributed by atoms with Gasteiger partial charge in [-0.1, -0.05) is 18.2 Å². The van der Waals surface area contributed by atoms with E-state index in [1.807, 2.05) is 36.4 Å². The van der Waals surface area contributed by atoms with Gasteiger partial charge in [0.05, 0.1) is 0 Å². The van der Waals surface area contributed by atoms with E-state index in [4.69, 9.17) is 0 Å². The molecule has 3 aromatic rings. The first kappa shape index (κ1) is 16.8. The fraction of sp³-hybridized carbons (Fsp3) is 0.211. The summed E-state index contributed by atoms with van der Waals surface area (Å²) in [5.74, 6) is 0.671. The number of para-hydroxylation sites is 1. The van der Waals surface area contributed by atoms with Crippen LogP contribution in [0.3, 0.4) is 0 Å². The number of hydrogen-bond acceptors (Lipinski definition) is 4. The van der Waals surface area contributed by atoms with Crippen LogP contribution in [0, 0.1) is 0 Å². The Hall–Kier alpha value is -2.67. The highest BCUT2D eigenvalue weighted by Gasteiger charge is 2.24. The highest BCUT2D eigenvalue weighted by Crippen LogP contribution is 2.18. The van der Waals surface area contributed by atoms with Crippen LogP contribution in [0.25, 0.3) is 10.9 Å². The number of H-pyrrole nitrogens is 1. The molecule has 1 amide bonds. The average molecular weight is 413 g/mol. The molecule has 7 heteroatoms. The topological polar surface area (TPSA) is 69.3 Å². The molecule has 0 aliphatic carbocycles. The maximum absolute atomic E-state index is 12.8. The molecule has 3 heterocycles. The van der Waals surface area contributed by atoms with E-state index in [2.05, 4.69) is 30.8 Å². The van der Waals surface area contributed by atoms with Gasteiger partial charge >= 0.3 is 0 Å². The zero-order valence-corrected chi connectivity index (χ0v) is 15.6. The Morgan fingerprint density at radius 3 is 2.58 bits per heavy atom. The van der Waals surface area contributed by atoms with Crippen LogP contribution in [-0.4, -0.2) is 47.0 Å². The van der Waals surface area contributed by atoms with Gasteiger partial charge in [-0.2, -0.15) is 0 Å². The predicted molar refractivity (Wildman–Crippen MR) is 105 cm³/mol. The molecule has 4 rings (SSSR count). The van der Waals surface area contributed by atoms with Gasteiger partial charge in [-0.3, -0.25) is 9.59 Å². The monoisotopic (exact) mass is 412 g/mol. The van der Waals surface area contributed by atoms with Crippen molar-refractivity contribution in [3.05, 3.63) is 69.1 Å². The number of nitrogens with one attached hydrogen (secondary N) is 1. The number of rotatable bonds is 2. The summed E-state index contributed by atoms with van der Waals surface area (Å²) in [7, 11) is 0. The number of hydrogen-bond donors (Lipinski definition) is 1. The number of pyridine rings is 2. The molecule has 0 spiro atoms. The number of anilines is 1. The lowest BCUT2D eigenvalue weighted by molar-refractivity contribution is 0.0745. The zero-order valence-electron chi connectivity index (χ0n) is 14.0. The summed E-state index contributed by atoms with van der Waals surface area (Å²) in [5, 5.41) is 0.855. The molecule has 132 valence electrons. The lowest BCUT2D eigenvalue weighted by atomic mass is 10.1. The molecule has 0 unspecified atom stereocenters. The SMILES string of the molecule is O=C(c1cc2ccccc2[nH]c1=O)N1CCN(c2ccc(Br)cn2)CC1. The molecular formula is C19H17BrN4O2. The van der Waals surface area contributed by atoms with Crippen molar-refractivity contribution < 1.29 is 4.79 Å². The van der Waals surface area contributed by atoms with Gasteiger partial charge in [0, 0.05) is 42.4 Å². The number of carbonyl (C=O) groups is 1. The van der Waals surface area contributed by atoms with Crippen LogP contribution in [0.4, 0.5) is 5.82 Å². The van der Waals surface area contributed by atoms with E-state index in [-0.39, 0.29) is 17.0 Å². The molecule has 1 fully saturated rings. The molecule has 0 saturated carbocycles. The van der Waals surface area contributed by atoms with E-state index in [1.54, 1.807) is 17.2 Å². The van der Waals surface area contributed by atoms with Gasteiger partial charge in [0.25, 0.3) is 11.5 Å². The summed E-state index contributed by atoms with van der Waals surface area (Å²) in [4.78, 5) is 36.2. The van der Waals surface area contributed by atoms with Crippen molar-refractivity contribution >= 4 is 38.6 Å². The Kier molecular flexibility index (Phi) is 4.46. The summed E-state index contributed by atoms with van der Waals surface area (Å²) in [5.41, 5.74) is 0.588. The fourth-order valence-electron chi connectivity index (χ4n) is 3.17. The maximum atomic E-state index is 12.8. The van der Waals surface area contributed by atoms with Gasteiger partial charge in [0.1, 0.15) is 11.4 Å². The number of nitrogens with zero attached hydrogens (tertiary/aromatic N) is 3. The third-order valence-corrected chi connectivity index (χ3v) is 5.06. The van der Waals surface area contributed by atoms with Gasteiger partial charge in [0.2, 0.25) is 0 Å². The predicted octanol–water partition coefficient (Wildman–Crippen LogP) is 2.65. The Bertz CT molecular complexity index is 1010. The molecule has 0 bridgehead atoms. The second kappa shape index (κ2) is 6.92. The first-order valence-electron chi connectivity index (χ1n) is 8.40. The molecule has 26 heavy (non-hydrogen) atoms. The third-order valence-electron chi connectivity index (χ3n) is 4.59. The molecule has 0 radical (unpaired) electrons. The smallest absolute Gasteiger partial charge is 0.261 e. The average Bonchev–Trinajstić information content (AvgIpc) is 2.68. The van der Waals surface area contributed by atoms with Crippen molar-refractivity contribution in [1.82, 2.24) is 14.9 Å². The molecule has 1 saturated heterocycles. The summed E-state index contributed by atoms with van der Waals surface area (Å²) < 4.78 is 0.936. The van der Waals surface area contributed by atoms with E-state index >= 15 is 0 Å². The van der Waals surface area contributed by atoms with Crippen LogP contribution in [0.5, 0.6) is 0 Å². The molecule has 0 atom stereocenters. The van der Waals surface area contributed by atoms with Gasteiger partial charge in [0.15, 0.2) is 0 Å². The van der Waals surface area contributed by atoms with Gasteiger partial charge in [-0.15, -0.1) is 0 Å². The first-order valence-corrected chi connectivity index (χ1v) is 9.19. The molecular weight excluding hydrogens is 396 g/mol. The van der Waals surface area contributed by atoms with Crippen molar-refractivity contribution in [3.8, 4) is 0 Å². The highest BCUT2D eigenvalue weighted by molar-refractivity contribution is 9.10. The van der Waals surface area contributed by atoms with Crippen molar-refractivity contribution in [2.45, 2.75) is 0 Å². The molecule has 1 aromatic carbocycles. The summed E-state index contributed by atoms with van der Waals surface area (Å²) in [6, 6.07) is 13.0. The van der Waals surface area contributed by atoms with Crippen LogP contribution < -0.4 is 10.5 Å². The molecule has 2 aromatic heterocycles. The lowest BCUT2D eigenvalue weighted by Gasteiger charge is -2.35. The lowest BCUT2D eigenvalue weighted by Crippen LogP contribution is -2.49. The van der Waals surface area contributed by atoms with Crippen LogP contribution >= 0.6 is 15.9 Å². The minimum atomic E-state index is -0.342. The van der Waals surface area contributed by atoms with Crippen molar-refractivity contribution in [2.24, 2.45) is 0 Å². The van der Waals surface area contributed by atoms with Gasteiger partial charge in [-0.25, -0.2) is 4.98 Å². The van der Waals surface area contributed by atoms with E-state index < -0.39 is 0 Å². The quantitative estimate of drug-likeness (QED) is 0.702. The van der Waals surface area contributed by atoms with Crippen molar-refractivity contribution in [1.29, 1.82) is 0 Å². The number of aromatic amines is 1. The number of fused-ring (bicyclic) bond motifs is 1. The number of aromatic nitrogens is 2. The van der Waals surface area contributed by atoms with Crippen LogP contribution in [0.15, 0.2) is 57.9 Å². The summed E-state index contributed by atoms with van der Waals surface area (Å²) >= 11 is 3.38. The number of benzene rings is 1. The number of amides is 1. The minimum Gasteiger partial charge on any atom is -0.353 e. The van der Waals surface area contributed by atoms with E-state index in [0.29, 0.717) is 26.2 Å². The fourth-order valence-corrected chi connectivity index (χ4v) is 3.40. The third kappa shape index (κ3) is 3.22. The Morgan fingerprint density at radius 2 is 1.85 bits per heavy atom. The second-order valence-corrected chi connectivity index (χ2v) is 7.13. The molecule has 6 nitrogen and oxygen atoms in total. The zero-order chi connectivity index (χ0) is 18.1. The second-order valence-electron chi connectivity index (χ2n) is 6.21. The Labute approximate surface area is 158 Å². The van der Waals surface area contributed by atoms with E-state index in [0.717, 1.165) is 21.2 Å². The number of halogens is 1. The number of piperazine rings is 1. The van der Waals surface area contributed by atoms with Crippen LogP contribution in [0.2, 0.25) is 0 Å². The van der Waals surface area contributed by atoms with E-state index in [9.17, 15) is 9.59 Å². The van der Waals surface area contributed by atoms with Crippen molar-refractivity contribution in [3.63, 3.8) is 0 Å². The first-order chi connectivity index (χ1) is 12.6. The highest BCUT2D eigenvalue weighted by atomic mass is 79.9. The standard InChI is InChI=1S/C19H17BrN4O2/c20-14-5-6-17(21-12-14)23-7-9-24(10-8-23)19(26)15-11-13-3-1-2-4-16(13)22-18(15)25/h1-6,11-12H,7-10H2,(H,22,25). The van der Waals surface area contributed by atoms with Gasteiger partial charge in [-0.05, 0) is 45.6 Å². The summed E-state index contributed by atoms with van der Waals surface area (Å²) in [6.07, 6.45) is 1.77. The van der Waals surface area contributed by atoms with Crippen molar-refractivity contribution in [2.75, 3.05) is 31.1 Å². The maximum Gasteiger partial charge on any atom is 0.261 e. The normalized spacial score (nSPS) is 14.7. The van der Waals surface area contributed by atoms with Crippen LogP contribution in [-0.2, 0) is 0 Å². The molecule has 1 aliphatic heterocycles. The largest absolute Gasteiger partial charge is 0.353 e. The van der Waals surface area contributed by atoms with Gasteiger partial charge < -0.3 is 14.8 Å². The van der Waals surface area contributed by atoms with Crippen LogP contribution in [0.1, 0.15) is 10.4 Å². The number of carbonyl (C=O) groups excluding carboxylic acids is 1. The minimum absolute atomic E-state index is 0.193. The Balaban J connectivity index is 1.51. The van der Waals surface area contributed by atoms with E-state index in [1.165, 1.54) is 0 Å². The molecule has 1 aliphatic rings. The summed E-state index contributed by atoms with van der Waals surface area (Å²) in [6.45, 7) is 2.49.